The number of hydrogen-bond acceptors (Lipinski definition) is 5. The summed E-state index contributed by atoms with van der Waals surface area (Å²) in [4.78, 5) is 22.7. The lowest BCUT2D eigenvalue weighted by atomic mass is 10.0. The van der Waals surface area contributed by atoms with Gasteiger partial charge in [0.25, 0.3) is 0 Å². The fraction of sp³-hybridized carbons (Fsp3) is 0.333. The van der Waals surface area contributed by atoms with Gasteiger partial charge in [-0.2, -0.15) is 0 Å². The van der Waals surface area contributed by atoms with Gasteiger partial charge >= 0.3 is 11.9 Å². The van der Waals surface area contributed by atoms with Gasteiger partial charge in [-0.05, 0) is 17.7 Å². The second kappa shape index (κ2) is 3.94. The molecule has 5 nitrogen and oxygen atoms in total. The maximum Gasteiger partial charge on any atom is 0.346 e. The van der Waals surface area contributed by atoms with Crippen molar-refractivity contribution in [2.45, 2.75) is 6.10 Å². The van der Waals surface area contributed by atoms with Crippen LogP contribution in [0.3, 0.4) is 0 Å². The number of ether oxygens (including phenoxy) is 3. The van der Waals surface area contributed by atoms with Crippen LogP contribution < -0.4 is 0 Å². The van der Waals surface area contributed by atoms with Crippen LogP contribution in [-0.2, 0) is 14.2 Å². The molecule has 1 atom stereocenters. The lowest BCUT2D eigenvalue weighted by molar-refractivity contribution is -0.0901. The first-order chi connectivity index (χ1) is 8.25. The zero-order chi connectivity index (χ0) is 11.8. The topological polar surface area (TPSA) is 61.8 Å². The summed E-state index contributed by atoms with van der Waals surface area (Å²) in [5.74, 6) is -1.18. The third-order valence-corrected chi connectivity index (χ3v) is 2.86. The first-order valence-corrected chi connectivity index (χ1v) is 5.35. The van der Waals surface area contributed by atoms with Crippen LogP contribution in [-0.4, -0.2) is 31.8 Å². The van der Waals surface area contributed by atoms with Gasteiger partial charge < -0.3 is 14.2 Å². The van der Waals surface area contributed by atoms with Gasteiger partial charge in [0, 0.05) is 0 Å². The van der Waals surface area contributed by atoms with Gasteiger partial charge in [0.1, 0.15) is 6.10 Å². The lowest BCUT2D eigenvalue weighted by Crippen LogP contribution is -2.22. The summed E-state index contributed by atoms with van der Waals surface area (Å²) < 4.78 is 15.3. The Balaban J connectivity index is 1.95. The highest BCUT2D eigenvalue weighted by atomic mass is 16.6. The van der Waals surface area contributed by atoms with E-state index in [1.807, 2.05) is 0 Å². The Morgan fingerprint density at radius 3 is 2.65 bits per heavy atom. The molecule has 2 aliphatic heterocycles. The molecule has 1 saturated heterocycles. The first kappa shape index (κ1) is 10.4. The van der Waals surface area contributed by atoms with Crippen molar-refractivity contribution in [3.63, 3.8) is 0 Å². The van der Waals surface area contributed by atoms with Crippen LogP contribution in [0.15, 0.2) is 18.2 Å². The van der Waals surface area contributed by atoms with E-state index in [1.165, 1.54) is 0 Å². The fourth-order valence-electron chi connectivity index (χ4n) is 1.98. The quantitative estimate of drug-likeness (QED) is 0.537. The summed E-state index contributed by atoms with van der Waals surface area (Å²) >= 11 is 0. The van der Waals surface area contributed by atoms with Crippen LogP contribution >= 0.6 is 0 Å². The second-order valence-electron chi connectivity index (χ2n) is 3.92. The number of fused-ring (bicyclic) bond motifs is 1. The van der Waals surface area contributed by atoms with Crippen LogP contribution in [0.1, 0.15) is 32.4 Å². The highest BCUT2D eigenvalue weighted by molar-refractivity contribution is 6.14. The molecule has 0 saturated carbocycles. The van der Waals surface area contributed by atoms with Crippen molar-refractivity contribution in [3.8, 4) is 0 Å². The summed E-state index contributed by atoms with van der Waals surface area (Å²) in [7, 11) is 0. The molecule has 0 N–H and O–H groups in total. The minimum Gasteiger partial charge on any atom is -0.386 e. The summed E-state index contributed by atoms with van der Waals surface area (Å²) in [6, 6.07) is 5.00. The van der Waals surface area contributed by atoms with Gasteiger partial charge in [0.2, 0.25) is 0 Å². The van der Waals surface area contributed by atoms with E-state index in [9.17, 15) is 9.59 Å². The molecule has 1 fully saturated rings. The average molecular weight is 234 g/mol. The molecule has 5 heteroatoms. The predicted molar refractivity (Wildman–Crippen MR) is 55.7 cm³/mol. The SMILES string of the molecule is O=C1OC(=O)c2cc(C3COCCO3)ccc21. The maximum absolute atomic E-state index is 11.4. The number of esters is 2. The minimum atomic E-state index is -0.594. The number of rotatable bonds is 1. The summed E-state index contributed by atoms with van der Waals surface area (Å²) in [5, 5.41) is 0. The van der Waals surface area contributed by atoms with E-state index < -0.39 is 11.9 Å². The van der Waals surface area contributed by atoms with Crippen LogP contribution in [0.2, 0.25) is 0 Å². The molecule has 0 aromatic heterocycles. The largest absolute Gasteiger partial charge is 0.386 e. The Labute approximate surface area is 97.3 Å². The van der Waals surface area contributed by atoms with Gasteiger partial charge in [0.05, 0.1) is 30.9 Å². The Morgan fingerprint density at radius 2 is 1.88 bits per heavy atom. The normalized spacial score (nSPS) is 23.4. The third-order valence-electron chi connectivity index (χ3n) is 2.86. The van der Waals surface area contributed by atoms with Gasteiger partial charge in [-0.25, -0.2) is 9.59 Å². The summed E-state index contributed by atoms with van der Waals surface area (Å²) in [5.41, 5.74) is 1.45. The number of cyclic esters (lactones) is 2. The molecule has 1 aromatic carbocycles. The van der Waals surface area contributed by atoms with Crippen LogP contribution in [0.4, 0.5) is 0 Å². The molecule has 2 heterocycles. The van der Waals surface area contributed by atoms with Gasteiger partial charge in [-0.3, -0.25) is 0 Å². The molecule has 0 radical (unpaired) electrons. The molecule has 88 valence electrons. The predicted octanol–water partition coefficient (Wildman–Crippen LogP) is 1.09. The standard InChI is InChI=1S/C12H10O5/c13-11-8-2-1-7(5-9(8)12(14)17-11)10-6-15-3-4-16-10/h1-2,5,10H,3-4,6H2. The second-order valence-corrected chi connectivity index (χ2v) is 3.92. The van der Waals surface area contributed by atoms with Crippen molar-refractivity contribution >= 4 is 11.9 Å². The Bertz CT molecular complexity index is 488. The summed E-state index contributed by atoms with van der Waals surface area (Å²) in [6.07, 6.45) is -0.183. The van der Waals surface area contributed by atoms with Crippen LogP contribution in [0, 0.1) is 0 Å². The van der Waals surface area contributed by atoms with E-state index in [1.54, 1.807) is 18.2 Å². The molecule has 17 heavy (non-hydrogen) atoms. The number of hydrogen-bond donors (Lipinski definition) is 0. The maximum atomic E-state index is 11.4. The van der Waals surface area contributed by atoms with Gasteiger partial charge in [-0.15, -0.1) is 0 Å². The molecule has 3 rings (SSSR count). The zero-order valence-corrected chi connectivity index (χ0v) is 8.97. The van der Waals surface area contributed by atoms with E-state index in [4.69, 9.17) is 9.47 Å². The van der Waals surface area contributed by atoms with Crippen molar-refractivity contribution in [1.29, 1.82) is 0 Å². The smallest absolute Gasteiger partial charge is 0.346 e. The van der Waals surface area contributed by atoms with E-state index in [0.29, 0.717) is 30.9 Å². The highest BCUT2D eigenvalue weighted by Crippen LogP contribution is 2.27. The monoisotopic (exact) mass is 234 g/mol. The van der Waals surface area contributed by atoms with Crippen LogP contribution in [0.25, 0.3) is 0 Å². The molecule has 0 spiro atoms. The molecule has 0 amide bonds. The zero-order valence-electron chi connectivity index (χ0n) is 8.97. The molecule has 0 aliphatic carbocycles. The van der Waals surface area contributed by atoms with Crippen LogP contribution in [0.5, 0.6) is 0 Å². The van der Waals surface area contributed by atoms with E-state index in [0.717, 1.165) is 5.56 Å². The van der Waals surface area contributed by atoms with Crippen molar-refractivity contribution in [2.75, 3.05) is 19.8 Å². The van der Waals surface area contributed by atoms with E-state index in [2.05, 4.69) is 4.74 Å². The molecule has 1 aromatic rings. The lowest BCUT2D eigenvalue weighted by Gasteiger charge is -2.23. The van der Waals surface area contributed by atoms with Gasteiger partial charge in [0.15, 0.2) is 0 Å². The van der Waals surface area contributed by atoms with Crippen molar-refractivity contribution in [2.24, 2.45) is 0 Å². The molecule has 2 aliphatic rings. The van der Waals surface area contributed by atoms with E-state index >= 15 is 0 Å². The molecule has 1 unspecified atom stereocenters. The molecular weight excluding hydrogens is 224 g/mol. The van der Waals surface area contributed by atoms with Gasteiger partial charge in [-0.1, -0.05) is 6.07 Å². The Kier molecular flexibility index (Phi) is 2.42. The average Bonchev–Trinajstić information content (AvgIpc) is 2.66. The Hall–Kier alpha value is -1.72. The van der Waals surface area contributed by atoms with Crippen molar-refractivity contribution in [1.82, 2.24) is 0 Å². The first-order valence-electron chi connectivity index (χ1n) is 5.35. The number of benzene rings is 1. The molecular formula is C12H10O5. The number of carbonyl (C=O) groups excluding carboxylic acids is 2. The minimum absolute atomic E-state index is 0.183. The fourth-order valence-corrected chi connectivity index (χ4v) is 1.98. The van der Waals surface area contributed by atoms with Crippen molar-refractivity contribution < 1.29 is 23.8 Å². The number of carbonyl (C=O) groups is 2. The molecule has 0 bridgehead atoms. The third kappa shape index (κ3) is 1.73. The van der Waals surface area contributed by atoms with E-state index in [-0.39, 0.29) is 6.10 Å². The summed E-state index contributed by atoms with van der Waals surface area (Å²) in [6.45, 7) is 1.58. The Morgan fingerprint density at radius 1 is 1.06 bits per heavy atom. The highest BCUT2D eigenvalue weighted by Gasteiger charge is 2.30. The van der Waals surface area contributed by atoms with Crippen molar-refractivity contribution in [3.05, 3.63) is 34.9 Å².